The molecule has 0 amide bonds. The SMILES string of the molecule is OC1CNC2(CCSCC2)C1O. The summed E-state index contributed by atoms with van der Waals surface area (Å²) < 4.78 is 0. The first-order valence-electron chi connectivity index (χ1n) is 4.43. The number of β-amino-alcohol motifs (C(OH)–C–C–N with tert-alkyl or cyclic N) is 1. The molecule has 2 atom stereocenters. The Hall–Kier alpha value is 0.230. The van der Waals surface area contributed by atoms with Gasteiger partial charge in [-0.3, -0.25) is 0 Å². The molecule has 0 bridgehead atoms. The summed E-state index contributed by atoms with van der Waals surface area (Å²) in [6, 6.07) is 0. The molecule has 2 aliphatic heterocycles. The van der Waals surface area contributed by atoms with Crippen molar-refractivity contribution in [2.24, 2.45) is 0 Å². The minimum absolute atomic E-state index is 0.162. The Balaban J connectivity index is 2.09. The van der Waals surface area contributed by atoms with Crippen molar-refractivity contribution >= 4 is 11.8 Å². The van der Waals surface area contributed by atoms with Crippen molar-refractivity contribution < 1.29 is 10.2 Å². The van der Waals surface area contributed by atoms with E-state index in [1.54, 1.807) is 0 Å². The van der Waals surface area contributed by atoms with Crippen molar-refractivity contribution in [2.75, 3.05) is 18.1 Å². The highest BCUT2D eigenvalue weighted by molar-refractivity contribution is 7.99. The fourth-order valence-corrected chi connectivity index (χ4v) is 3.32. The van der Waals surface area contributed by atoms with Crippen LogP contribution in [-0.2, 0) is 0 Å². The molecular weight excluding hydrogens is 174 g/mol. The first-order chi connectivity index (χ1) is 5.75. The van der Waals surface area contributed by atoms with Crippen LogP contribution in [0.3, 0.4) is 0 Å². The van der Waals surface area contributed by atoms with Crippen LogP contribution in [0.25, 0.3) is 0 Å². The number of hydrogen-bond donors (Lipinski definition) is 3. The largest absolute Gasteiger partial charge is 0.389 e. The van der Waals surface area contributed by atoms with E-state index in [1.165, 1.54) is 0 Å². The number of nitrogens with one attached hydrogen (secondary N) is 1. The van der Waals surface area contributed by atoms with Crippen LogP contribution >= 0.6 is 11.8 Å². The Morgan fingerprint density at radius 2 is 1.92 bits per heavy atom. The topological polar surface area (TPSA) is 52.5 Å². The minimum Gasteiger partial charge on any atom is -0.389 e. The molecule has 2 saturated heterocycles. The molecule has 2 fully saturated rings. The molecule has 12 heavy (non-hydrogen) atoms. The molecule has 2 heterocycles. The Morgan fingerprint density at radius 3 is 2.42 bits per heavy atom. The van der Waals surface area contributed by atoms with Crippen LogP contribution in [-0.4, -0.2) is 46.0 Å². The Labute approximate surface area is 76.5 Å². The van der Waals surface area contributed by atoms with Crippen molar-refractivity contribution in [1.82, 2.24) is 5.32 Å². The zero-order chi connectivity index (χ0) is 8.60. The normalized spacial score (nSPS) is 40.5. The van der Waals surface area contributed by atoms with Gasteiger partial charge >= 0.3 is 0 Å². The van der Waals surface area contributed by atoms with Gasteiger partial charge in [0.1, 0.15) is 0 Å². The third kappa shape index (κ3) is 1.27. The summed E-state index contributed by atoms with van der Waals surface area (Å²) in [5.41, 5.74) is -0.162. The summed E-state index contributed by atoms with van der Waals surface area (Å²) in [6.45, 7) is 0.547. The van der Waals surface area contributed by atoms with E-state index in [4.69, 9.17) is 0 Å². The van der Waals surface area contributed by atoms with Gasteiger partial charge in [0.15, 0.2) is 0 Å². The van der Waals surface area contributed by atoms with Gasteiger partial charge in [-0.25, -0.2) is 0 Å². The van der Waals surface area contributed by atoms with Crippen molar-refractivity contribution in [3.05, 3.63) is 0 Å². The first-order valence-corrected chi connectivity index (χ1v) is 5.59. The lowest BCUT2D eigenvalue weighted by Crippen LogP contribution is -2.51. The van der Waals surface area contributed by atoms with Crippen molar-refractivity contribution in [3.63, 3.8) is 0 Å². The number of aliphatic hydroxyl groups is 2. The van der Waals surface area contributed by atoms with Gasteiger partial charge in [-0.1, -0.05) is 0 Å². The summed E-state index contributed by atoms with van der Waals surface area (Å²) in [7, 11) is 0. The molecular formula is C8H15NO2S. The van der Waals surface area contributed by atoms with Crippen LogP contribution in [0.5, 0.6) is 0 Å². The lowest BCUT2D eigenvalue weighted by molar-refractivity contribution is 0.00778. The standard InChI is InChI=1S/C8H15NO2S/c10-6-5-9-8(7(6)11)1-3-12-4-2-8/h6-7,9-11H,1-5H2. The molecule has 0 radical (unpaired) electrons. The molecule has 3 nitrogen and oxygen atoms in total. The van der Waals surface area contributed by atoms with E-state index in [-0.39, 0.29) is 5.54 Å². The first kappa shape index (κ1) is 8.81. The van der Waals surface area contributed by atoms with E-state index in [9.17, 15) is 10.2 Å². The average molecular weight is 189 g/mol. The van der Waals surface area contributed by atoms with Crippen LogP contribution in [0.4, 0.5) is 0 Å². The summed E-state index contributed by atoms with van der Waals surface area (Å²) in [5.74, 6) is 2.19. The number of rotatable bonds is 0. The minimum atomic E-state index is -0.562. The van der Waals surface area contributed by atoms with Crippen LogP contribution < -0.4 is 5.32 Å². The van der Waals surface area contributed by atoms with E-state index in [0.717, 1.165) is 24.3 Å². The number of hydrogen-bond acceptors (Lipinski definition) is 4. The predicted molar refractivity (Wildman–Crippen MR) is 49.3 cm³/mol. The van der Waals surface area contributed by atoms with E-state index in [0.29, 0.717) is 6.54 Å². The highest BCUT2D eigenvalue weighted by atomic mass is 32.2. The van der Waals surface area contributed by atoms with E-state index in [1.807, 2.05) is 11.8 Å². The van der Waals surface area contributed by atoms with Gasteiger partial charge in [0, 0.05) is 12.1 Å². The van der Waals surface area contributed by atoms with Gasteiger partial charge in [0.2, 0.25) is 0 Å². The Kier molecular flexibility index (Phi) is 2.33. The fraction of sp³-hybridized carbons (Fsp3) is 1.00. The summed E-state index contributed by atoms with van der Waals surface area (Å²) in [4.78, 5) is 0. The molecule has 4 heteroatoms. The Bertz CT molecular complexity index is 165. The zero-order valence-corrected chi connectivity index (χ0v) is 7.81. The maximum Gasteiger partial charge on any atom is 0.0993 e. The van der Waals surface area contributed by atoms with Crippen LogP contribution in [0, 0.1) is 0 Å². The second-order valence-electron chi connectivity index (χ2n) is 3.66. The maximum atomic E-state index is 9.75. The molecule has 1 spiro atoms. The predicted octanol–water partition coefficient (Wildman–Crippen LogP) is -0.423. The molecule has 2 rings (SSSR count). The second-order valence-corrected chi connectivity index (χ2v) is 4.89. The zero-order valence-electron chi connectivity index (χ0n) is 6.99. The van der Waals surface area contributed by atoms with Crippen LogP contribution in [0.1, 0.15) is 12.8 Å². The van der Waals surface area contributed by atoms with Gasteiger partial charge in [-0.05, 0) is 24.3 Å². The third-order valence-corrected chi connectivity index (χ3v) is 3.96. The summed E-state index contributed by atoms with van der Waals surface area (Å²) in [6.07, 6.45) is 0.845. The molecule has 2 aliphatic rings. The monoisotopic (exact) mass is 189 g/mol. The molecule has 70 valence electrons. The molecule has 0 saturated carbocycles. The van der Waals surface area contributed by atoms with Crippen LogP contribution in [0.15, 0.2) is 0 Å². The van der Waals surface area contributed by atoms with Crippen molar-refractivity contribution in [3.8, 4) is 0 Å². The van der Waals surface area contributed by atoms with E-state index >= 15 is 0 Å². The summed E-state index contributed by atoms with van der Waals surface area (Å²) >= 11 is 1.93. The van der Waals surface area contributed by atoms with Gasteiger partial charge < -0.3 is 15.5 Å². The highest BCUT2D eigenvalue weighted by Gasteiger charge is 2.47. The number of aliphatic hydroxyl groups excluding tert-OH is 2. The second kappa shape index (κ2) is 3.18. The van der Waals surface area contributed by atoms with Gasteiger partial charge in [0.25, 0.3) is 0 Å². The molecule has 0 aromatic rings. The van der Waals surface area contributed by atoms with Gasteiger partial charge in [0.05, 0.1) is 12.2 Å². The van der Waals surface area contributed by atoms with Crippen LogP contribution in [0.2, 0.25) is 0 Å². The Morgan fingerprint density at radius 1 is 1.25 bits per heavy atom. The van der Waals surface area contributed by atoms with Gasteiger partial charge in [-0.2, -0.15) is 11.8 Å². The quantitative estimate of drug-likeness (QED) is 0.484. The average Bonchev–Trinajstić information content (AvgIpc) is 2.37. The summed E-state index contributed by atoms with van der Waals surface area (Å²) in [5, 5.41) is 22.4. The molecule has 3 N–H and O–H groups in total. The lowest BCUT2D eigenvalue weighted by Gasteiger charge is -2.36. The molecule has 2 unspecified atom stereocenters. The van der Waals surface area contributed by atoms with Gasteiger partial charge in [-0.15, -0.1) is 0 Å². The van der Waals surface area contributed by atoms with Crippen molar-refractivity contribution in [1.29, 1.82) is 0 Å². The molecule has 0 aromatic carbocycles. The fourth-order valence-electron chi connectivity index (χ4n) is 2.10. The third-order valence-electron chi connectivity index (χ3n) is 2.98. The smallest absolute Gasteiger partial charge is 0.0993 e. The maximum absolute atomic E-state index is 9.75. The van der Waals surface area contributed by atoms with E-state index < -0.39 is 12.2 Å². The lowest BCUT2D eigenvalue weighted by atomic mass is 9.87. The highest BCUT2D eigenvalue weighted by Crippen LogP contribution is 2.34. The number of thioether (sulfide) groups is 1. The molecule has 0 aromatic heterocycles. The van der Waals surface area contributed by atoms with Crippen molar-refractivity contribution in [2.45, 2.75) is 30.6 Å². The molecule has 0 aliphatic carbocycles. The van der Waals surface area contributed by atoms with E-state index in [2.05, 4.69) is 5.32 Å².